The highest BCUT2D eigenvalue weighted by atomic mass is 19.4. The minimum absolute atomic E-state index is 0.0125. The van der Waals surface area contributed by atoms with E-state index in [2.05, 4.69) is 42.7 Å². The molecular formula is C19H25F5N2O9. The second kappa shape index (κ2) is 15.5. The molecular weight excluding hydrogens is 495 g/mol. The van der Waals surface area contributed by atoms with Gasteiger partial charge in [0.25, 0.3) is 5.92 Å². The van der Waals surface area contributed by atoms with Gasteiger partial charge in [-0.1, -0.05) is 13.2 Å². The molecule has 0 aromatic rings. The third-order valence-electron chi connectivity index (χ3n) is 3.45. The van der Waals surface area contributed by atoms with Crippen molar-refractivity contribution in [3.05, 3.63) is 25.3 Å². The Bertz CT molecular complexity index is 727. The number of hydrogen-bond donors (Lipinski definition) is 2. The van der Waals surface area contributed by atoms with Crippen LogP contribution in [0.5, 0.6) is 0 Å². The molecule has 2 atom stereocenters. The minimum atomic E-state index is -5.46. The second-order valence-electron chi connectivity index (χ2n) is 6.43. The average molecular weight is 520 g/mol. The van der Waals surface area contributed by atoms with Crippen LogP contribution < -0.4 is 10.6 Å². The van der Waals surface area contributed by atoms with E-state index in [1.807, 2.05) is 0 Å². The molecule has 0 spiro atoms. The van der Waals surface area contributed by atoms with Crippen LogP contribution in [-0.2, 0) is 33.3 Å². The first kappa shape index (κ1) is 31.6. The summed E-state index contributed by atoms with van der Waals surface area (Å²) in [4.78, 5) is 45.3. The summed E-state index contributed by atoms with van der Waals surface area (Å²) in [5, 5.41) is 4.19. The molecule has 16 heteroatoms. The largest absolute Gasteiger partial charge is 0.461 e. The fourth-order valence-electron chi connectivity index (χ4n) is 1.99. The molecule has 0 aromatic carbocycles. The van der Waals surface area contributed by atoms with Gasteiger partial charge in [-0.15, -0.1) is 0 Å². The summed E-state index contributed by atoms with van der Waals surface area (Å²) in [5.74, 6) is -5.88. The molecule has 0 aromatic heterocycles. The molecule has 11 nitrogen and oxygen atoms in total. The Hall–Kier alpha value is -3.43. The molecule has 2 N–H and O–H groups in total. The Morgan fingerprint density at radius 1 is 0.829 bits per heavy atom. The highest BCUT2D eigenvalue weighted by Crippen LogP contribution is 2.34. The molecule has 2 unspecified atom stereocenters. The topological polar surface area (TPSA) is 138 Å². The van der Waals surface area contributed by atoms with Gasteiger partial charge < -0.3 is 34.3 Å². The predicted octanol–water partition coefficient (Wildman–Crippen LogP) is 1.87. The first-order valence-corrected chi connectivity index (χ1v) is 9.70. The van der Waals surface area contributed by atoms with Crippen molar-refractivity contribution in [2.24, 2.45) is 0 Å². The number of rotatable bonds is 15. The van der Waals surface area contributed by atoms with E-state index in [9.17, 15) is 41.1 Å². The van der Waals surface area contributed by atoms with Crippen molar-refractivity contribution in [1.29, 1.82) is 0 Å². The molecule has 0 aliphatic carbocycles. The maximum absolute atomic E-state index is 13.3. The fourth-order valence-corrected chi connectivity index (χ4v) is 1.99. The van der Waals surface area contributed by atoms with Crippen molar-refractivity contribution >= 4 is 24.1 Å². The second-order valence-corrected chi connectivity index (χ2v) is 6.43. The summed E-state index contributed by atoms with van der Waals surface area (Å²) < 4.78 is 88.1. The van der Waals surface area contributed by atoms with E-state index in [1.165, 1.54) is 0 Å². The summed E-state index contributed by atoms with van der Waals surface area (Å²) in [6.07, 6.45) is -11.4. The highest BCUT2D eigenvalue weighted by molar-refractivity contribution is 5.81. The maximum Gasteiger partial charge on any atom is 0.420 e. The zero-order valence-electron chi connectivity index (χ0n) is 18.5. The van der Waals surface area contributed by atoms with Crippen molar-refractivity contribution in [2.45, 2.75) is 31.2 Å². The minimum Gasteiger partial charge on any atom is -0.461 e. The van der Waals surface area contributed by atoms with Crippen LogP contribution in [0, 0.1) is 0 Å². The summed E-state index contributed by atoms with van der Waals surface area (Å²) in [6, 6.07) is 0. The Morgan fingerprint density at radius 3 is 1.74 bits per heavy atom. The molecule has 200 valence electrons. The van der Waals surface area contributed by atoms with Crippen LogP contribution in [0.2, 0.25) is 0 Å². The zero-order chi connectivity index (χ0) is 27.1. The number of hydrogen-bond acceptors (Lipinski definition) is 9. The van der Waals surface area contributed by atoms with E-state index < -0.39 is 61.6 Å². The van der Waals surface area contributed by atoms with Crippen molar-refractivity contribution in [1.82, 2.24) is 10.6 Å². The molecule has 0 bridgehead atoms. The normalized spacial score (nSPS) is 13.0. The Morgan fingerprint density at radius 2 is 1.31 bits per heavy atom. The van der Waals surface area contributed by atoms with Crippen LogP contribution in [0.15, 0.2) is 25.3 Å². The number of ether oxygens (including phenoxy) is 5. The van der Waals surface area contributed by atoms with Crippen molar-refractivity contribution in [3.8, 4) is 0 Å². The smallest absolute Gasteiger partial charge is 0.420 e. The van der Waals surface area contributed by atoms with Gasteiger partial charge in [0.2, 0.25) is 6.10 Å². The van der Waals surface area contributed by atoms with E-state index >= 15 is 0 Å². The van der Waals surface area contributed by atoms with Gasteiger partial charge in [0.1, 0.15) is 19.8 Å². The quantitative estimate of drug-likeness (QED) is 0.109. The Kier molecular flexibility index (Phi) is 14.0. The van der Waals surface area contributed by atoms with Crippen molar-refractivity contribution in [2.75, 3.05) is 39.5 Å². The molecule has 35 heavy (non-hydrogen) atoms. The molecule has 2 amide bonds. The molecule has 0 aliphatic rings. The number of halogens is 5. The number of alkyl carbamates (subject to hydrolysis) is 2. The Balaban J connectivity index is 4.92. The van der Waals surface area contributed by atoms with Crippen LogP contribution in [0.1, 0.15) is 6.92 Å². The Labute approximate surface area is 196 Å². The fraction of sp³-hybridized carbons (Fsp3) is 0.579. The van der Waals surface area contributed by atoms with Gasteiger partial charge in [0.15, 0.2) is 6.10 Å². The van der Waals surface area contributed by atoms with Gasteiger partial charge in [-0.25, -0.2) is 28.0 Å². The monoisotopic (exact) mass is 520 g/mol. The number of esters is 2. The van der Waals surface area contributed by atoms with Gasteiger partial charge >= 0.3 is 30.3 Å². The van der Waals surface area contributed by atoms with Gasteiger partial charge in [-0.3, -0.25) is 0 Å². The van der Waals surface area contributed by atoms with Crippen LogP contribution in [0.3, 0.4) is 0 Å². The van der Waals surface area contributed by atoms with Gasteiger partial charge in [-0.05, 0) is 0 Å². The SMILES string of the molecule is C=CC(=O)OCCNC(=O)OCC(COC(C(C)(F)F)C(F)(F)F)OC(=O)NCCOC(=O)C=C. The molecule has 0 aliphatic heterocycles. The number of amides is 2. The third kappa shape index (κ3) is 15.2. The summed E-state index contributed by atoms with van der Waals surface area (Å²) in [7, 11) is 0. The maximum atomic E-state index is 13.3. The predicted molar refractivity (Wildman–Crippen MR) is 106 cm³/mol. The summed E-state index contributed by atoms with van der Waals surface area (Å²) in [6.45, 7) is 3.09. The first-order chi connectivity index (χ1) is 16.2. The lowest BCUT2D eigenvalue weighted by molar-refractivity contribution is -0.284. The highest BCUT2D eigenvalue weighted by Gasteiger charge is 2.54. The molecule has 0 fully saturated rings. The van der Waals surface area contributed by atoms with E-state index in [1.54, 1.807) is 0 Å². The summed E-state index contributed by atoms with van der Waals surface area (Å²) >= 11 is 0. The first-order valence-electron chi connectivity index (χ1n) is 9.70. The van der Waals surface area contributed by atoms with E-state index in [4.69, 9.17) is 4.74 Å². The molecule has 0 heterocycles. The van der Waals surface area contributed by atoms with E-state index in [-0.39, 0.29) is 33.2 Å². The lowest BCUT2D eigenvalue weighted by Crippen LogP contribution is -2.47. The van der Waals surface area contributed by atoms with Crippen LogP contribution >= 0.6 is 0 Å². The lowest BCUT2D eigenvalue weighted by atomic mass is 10.2. The standard InChI is InChI=1S/C19H25F5N2O9/c1-4-13(27)31-8-6-25-16(29)34-11-12(10-33-15(18(3,20)21)19(22,23)24)35-17(30)26-7-9-32-14(28)5-2/h4-5,12,15H,1-2,6-11H2,3H3,(H,25,29)(H,26,30). The lowest BCUT2D eigenvalue weighted by Gasteiger charge is -2.27. The van der Waals surface area contributed by atoms with Crippen molar-refractivity contribution < 1.29 is 64.8 Å². The van der Waals surface area contributed by atoms with Crippen LogP contribution in [0.25, 0.3) is 0 Å². The molecule has 0 saturated carbocycles. The zero-order valence-corrected chi connectivity index (χ0v) is 18.5. The molecule has 0 radical (unpaired) electrons. The number of alkyl halides is 5. The number of carbonyl (C=O) groups is 4. The van der Waals surface area contributed by atoms with Crippen molar-refractivity contribution in [3.63, 3.8) is 0 Å². The molecule has 0 rings (SSSR count). The third-order valence-corrected chi connectivity index (χ3v) is 3.45. The molecule has 0 saturated heterocycles. The number of nitrogens with one attached hydrogen (secondary N) is 2. The van der Waals surface area contributed by atoms with Gasteiger partial charge in [-0.2, -0.15) is 13.2 Å². The number of carbonyl (C=O) groups excluding carboxylic acids is 4. The van der Waals surface area contributed by atoms with E-state index in [0.29, 0.717) is 0 Å². The van der Waals surface area contributed by atoms with Crippen LogP contribution in [-0.4, -0.2) is 87.9 Å². The van der Waals surface area contributed by atoms with Crippen LogP contribution in [0.4, 0.5) is 31.5 Å². The van der Waals surface area contributed by atoms with E-state index in [0.717, 1.165) is 12.2 Å². The average Bonchev–Trinajstić information content (AvgIpc) is 2.75. The van der Waals surface area contributed by atoms with Gasteiger partial charge in [0, 0.05) is 19.1 Å². The van der Waals surface area contributed by atoms with Gasteiger partial charge in [0.05, 0.1) is 19.7 Å². The summed E-state index contributed by atoms with van der Waals surface area (Å²) in [5.41, 5.74) is 0.